The molecule has 0 radical (unpaired) electrons. The maximum Gasteiger partial charge on any atom is 0.369 e. The number of esters is 1. The van der Waals surface area contributed by atoms with Gasteiger partial charge in [-0.3, -0.25) is 4.79 Å². The Morgan fingerprint density at radius 3 is 3.06 bits per heavy atom. The van der Waals surface area contributed by atoms with E-state index in [4.69, 9.17) is 9.47 Å². The van der Waals surface area contributed by atoms with Crippen LogP contribution < -0.4 is 10.1 Å². The lowest BCUT2D eigenvalue weighted by Crippen LogP contribution is -2.49. The Morgan fingerprint density at radius 1 is 1.59 bits per heavy atom. The number of nitrogens with one attached hydrogen (secondary N) is 1. The monoisotopic (exact) mass is 299 g/mol. The number of rotatable bonds is 2. The summed E-state index contributed by atoms with van der Waals surface area (Å²) in [7, 11) is 0. The fraction of sp³-hybridized carbons (Fsp3) is 0.273. The van der Waals surface area contributed by atoms with Gasteiger partial charge < -0.3 is 14.8 Å². The normalized spacial score (nSPS) is 17.8. The maximum atomic E-state index is 11.7. The highest BCUT2D eigenvalue weighted by molar-refractivity contribution is 9.10. The van der Waals surface area contributed by atoms with Crippen LogP contribution in [0.15, 0.2) is 22.7 Å². The summed E-state index contributed by atoms with van der Waals surface area (Å²) in [4.78, 5) is 23.2. The Bertz CT molecular complexity index is 475. The van der Waals surface area contributed by atoms with Crippen LogP contribution in [0.2, 0.25) is 0 Å². The Labute approximate surface area is 106 Å². The number of halogens is 1. The smallest absolute Gasteiger partial charge is 0.369 e. The number of benzene rings is 1. The van der Waals surface area contributed by atoms with Gasteiger partial charge in [0.15, 0.2) is 0 Å². The van der Waals surface area contributed by atoms with E-state index in [-0.39, 0.29) is 12.5 Å². The van der Waals surface area contributed by atoms with Crippen molar-refractivity contribution in [2.75, 3.05) is 6.61 Å². The fourth-order valence-corrected chi connectivity index (χ4v) is 1.82. The van der Waals surface area contributed by atoms with E-state index in [9.17, 15) is 9.59 Å². The zero-order valence-electron chi connectivity index (χ0n) is 9.03. The number of hydrogen-bond acceptors (Lipinski definition) is 4. The van der Waals surface area contributed by atoms with Crippen LogP contribution in [0.5, 0.6) is 5.75 Å². The fourth-order valence-electron chi connectivity index (χ4n) is 1.46. The first-order valence-electron chi connectivity index (χ1n) is 5.05. The topological polar surface area (TPSA) is 64.6 Å². The van der Waals surface area contributed by atoms with E-state index in [1.54, 1.807) is 25.1 Å². The molecule has 1 unspecified atom stereocenters. The largest absolute Gasteiger partial charge is 0.462 e. The lowest BCUT2D eigenvalue weighted by atomic mass is 10.1. The van der Waals surface area contributed by atoms with Crippen molar-refractivity contribution in [3.8, 4) is 5.75 Å². The summed E-state index contributed by atoms with van der Waals surface area (Å²) in [6.45, 7) is 1.93. The molecule has 0 bridgehead atoms. The molecule has 1 aliphatic heterocycles. The van der Waals surface area contributed by atoms with E-state index in [2.05, 4.69) is 21.2 Å². The molecule has 90 valence electrons. The van der Waals surface area contributed by atoms with Gasteiger partial charge in [-0.15, -0.1) is 0 Å². The third-order valence-electron chi connectivity index (χ3n) is 2.19. The van der Waals surface area contributed by atoms with Crippen molar-refractivity contribution in [3.63, 3.8) is 0 Å². The second kappa shape index (κ2) is 4.75. The average Bonchev–Trinajstić information content (AvgIpc) is 2.30. The van der Waals surface area contributed by atoms with E-state index >= 15 is 0 Å². The molecule has 0 saturated heterocycles. The van der Waals surface area contributed by atoms with Crippen molar-refractivity contribution in [2.24, 2.45) is 0 Å². The van der Waals surface area contributed by atoms with Crippen molar-refractivity contribution in [3.05, 3.63) is 28.2 Å². The molecule has 0 aliphatic carbocycles. The maximum absolute atomic E-state index is 11.7. The molecule has 0 aromatic heterocycles. The zero-order valence-corrected chi connectivity index (χ0v) is 10.6. The van der Waals surface area contributed by atoms with Crippen molar-refractivity contribution >= 4 is 27.8 Å². The number of carbonyl (C=O) groups is 2. The van der Waals surface area contributed by atoms with Gasteiger partial charge in [0.1, 0.15) is 5.75 Å². The highest BCUT2D eigenvalue weighted by atomic mass is 79.9. The minimum Gasteiger partial charge on any atom is -0.462 e. The van der Waals surface area contributed by atoms with E-state index < -0.39 is 12.2 Å². The quantitative estimate of drug-likeness (QED) is 0.840. The van der Waals surface area contributed by atoms with Crippen molar-refractivity contribution < 1.29 is 19.1 Å². The second-order valence-electron chi connectivity index (χ2n) is 3.36. The van der Waals surface area contributed by atoms with E-state index in [0.717, 1.165) is 4.47 Å². The number of fused-ring (bicyclic) bond motifs is 1. The Balaban J connectivity index is 2.25. The Kier molecular flexibility index (Phi) is 3.33. The third kappa shape index (κ3) is 2.41. The number of ether oxygens (including phenoxy) is 2. The van der Waals surface area contributed by atoms with E-state index in [1.165, 1.54) is 0 Å². The van der Waals surface area contributed by atoms with E-state index in [1.807, 2.05) is 0 Å². The molecule has 6 heteroatoms. The SMILES string of the molecule is CCOC(=O)C1NC(=O)c2cc(Br)ccc2O1. The first-order valence-corrected chi connectivity index (χ1v) is 5.85. The van der Waals surface area contributed by atoms with Gasteiger partial charge in [-0.25, -0.2) is 4.79 Å². The summed E-state index contributed by atoms with van der Waals surface area (Å²) in [5, 5.41) is 2.43. The molecule has 1 amide bonds. The average molecular weight is 300 g/mol. The first-order chi connectivity index (χ1) is 8.11. The molecule has 1 heterocycles. The predicted octanol–water partition coefficient (Wildman–Crippen LogP) is 1.46. The summed E-state index contributed by atoms with van der Waals surface area (Å²) >= 11 is 3.26. The minimum absolute atomic E-state index is 0.238. The van der Waals surface area contributed by atoms with Crippen LogP contribution in [0.3, 0.4) is 0 Å². The van der Waals surface area contributed by atoms with Crippen LogP contribution in [0.25, 0.3) is 0 Å². The van der Waals surface area contributed by atoms with Gasteiger partial charge in [0.25, 0.3) is 12.1 Å². The summed E-state index contributed by atoms with van der Waals surface area (Å²) in [5.74, 6) is -0.588. The van der Waals surface area contributed by atoms with Crippen LogP contribution in [0.1, 0.15) is 17.3 Å². The van der Waals surface area contributed by atoms with Crippen LogP contribution in [-0.2, 0) is 9.53 Å². The Morgan fingerprint density at radius 2 is 2.35 bits per heavy atom. The van der Waals surface area contributed by atoms with Gasteiger partial charge in [0, 0.05) is 4.47 Å². The van der Waals surface area contributed by atoms with Crippen LogP contribution in [0.4, 0.5) is 0 Å². The molecule has 2 rings (SSSR count). The van der Waals surface area contributed by atoms with Gasteiger partial charge in [0.2, 0.25) is 0 Å². The molecule has 1 aromatic rings. The highest BCUT2D eigenvalue weighted by Gasteiger charge is 2.31. The van der Waals surface area contributed by atoms with Crippen LogP contribution in [0, 0.1) is 0 Å². The zero-order chi connectivity index (χ0) is 12.4. The first kappa shape index (κ1) is 11.9. The highest BCUT2D eigenvalue weighted by Crippen LogP contribution is 2.26. The molecule has 1 aliphatic rings. The molecule has 0 saturated carbocycles. The molecule has 1 aromatic carbocycles. The molecule has 17 heavy (non-hydrogen) atoms. The van der Waals surface area contributed by atoms with Crippen molar-refractivity contribution in [1.82, 2.24) is 5.32 Å². The third-order valence-corrected chi connectivity index (χ3v) is 2.69. The molecular weight excluding hydrogens is 290 g/mol. The van der Waals surface area contributed by atoms with Crippen molar-refractivity contribution in [1.29, 1.82) is 0 Å². The molecule has 0 spiro atoms. The molecular formula is C11H10BrNO4. The summed E-state index contributed by atoms with van der Waals surface area (Å²) in [6, 6.07) is 5.00. The summed E-state index contributed by atoms with van der Waals surface area (Å²) in [6.07, 6.45) is -1.07. The predicted molar refractivity (Wildman–Crippen MR) is 62.7 cm³/mol. The second-order valence-corrected chi connectivity index (χ2v) is 4.28. The molecule has 1 N–H and O–H groups in total. The van der Waals surface area contributed by atoms with E-state index in [0.29, 0.717) is 11.3 Å². The number of hydrogen-bond donors (Lipinski definition) is 1. The summed E-state index contributed by atoms with van der Waals surface area (Å²) in [5.41, 5.74) is 0.389. The standard InChI is InChI=1S/C11H10BrNO4/c1-2-16-11(15)10-13-9(14)7-5-6(12)3-4-8(7)17-10/h3-5,10H,2H2,1H3,(H,13,14). The number of carbonyl (C=O) groups excluding carboxylic acids is 2. The summed E-state index contributed by atoms with van der Waals surface area (Å²) < 4.78 is 10.9. The molecule has 0 fully saturated rings. The molecule has 1 atom stereocenters. The van der Waals surface area contributed by atoms with Gasteiger partial charge in [-0.1, -0.05) is 15.9 Å². The van der Waals surface area contributed by atoms with Gasteiger partial charge in [-0.2, -0.15) is 0 Å². The van der Waals surface area contributed by atoms with Crippen LogP contribution in [-0.4, -0.2) is 24.7 Å². The number of amides is 1. The minimum atomic E-state index is -1.07. The lowest BCUT2D eigenvalue weighted by molar-refractivity contribution is -0.152. The van der Waals surface area contributed by atoms with Crippen LogP contribution >= 0.6 is 15.9 Å². The Hall–Kier alpha value is -1.56. The van der Waals surface area contributed by atoms with Gasteiger partial charge in [0.05, 0.1) is 12.2 Å². The van der Waals surface area contributed by atoms with Gasteiger partial charge >= 0.3 is 5.97 Å². The van der Waals surface area contributed by atoms with Gasteiger partial charge in [-0.05, 0) is 25.1 Å². The molecule has 5 nitrogen and oxygen atoms in total. The van der Waals surface area contributed by atoms with Crippen molar-refractivity contribution in [2.45, 2.75) is 13.2 Å². The lowest BCUT2D eigenvalue weighted by Gasteiger charge is -2.25.